The minimum Gasteiger partial charge on any atom is -0.478 e. The van der Waals surface area contributed by atoms with Gasteiger partial charge in [0.15, 0.2) is 0 Å². The first kappa shape index (κ1) is 25.3. The molecular weight excluding hydrogens is 408 g/mol. The van der Waals surface area contributed by atoms with E-state index >= 15 is 0 Å². The molecule has 2 aromatic rings. The number of rotatable bonds is 7. The summed E-state index contributed by atoms with van der Waals surface area (Å²) in [5, 5.41) is 27.6. The number of benzene rings is 2. The lowest BCUT2D eigenvalue weighted by atomic mass is 9.95. The van der Waals surface area contributed by atoms with Gasteiger partial charge in [0, 0.05) is 5.56 Å². The fourth-order valence-corrected chi connectivity index (χ4v) is 3.56. The van der Waals surface area contributed by atoms with Crippen molar-refractivity contribution in [3.05, 3.63) is 69.8 Å². The van der Waals surface area contributed by atoms with Crippen LogP contribution >= 0.6 is 0 Å². The van der Waals surface area contributed by atoms with Gasteiger partial charge in [-0.2, -0.15) is 0 Å². The second-order valence-corrected chi connectivity index (χ2v) is 7.89. The van der Waals surface area contributed by atoms with Crippen LogP contribution < -0.4 is 0 Å². The van der Waals surface area contributed by atoms with E-state index in [2.05, 4.69) is 0 Å². The average molecular weight is 441 g/mol. The topological polar surface area (TPSA) is 112 Å². The summed E-state index contributed by atoms with van der Waals surface area (Å²) < 4.78 is 0. The smallest absolute Gasteiger partial charge is 0.335 e. The van der Waals surface area contributed by atoms with E-state index in [1.807, 2.05) is 26.8 Å². The number of aldehydes is 1. The van der Waals surface area contributed by atoms with E-state index in [1.54, 1.807) is 24.3 Å². The molecule has 0 saturated heterocycles. The van der Waals surface area contributed by atoms with Gasteiger partial charge in [-0.3, -0.25) is 4.79 Å². The summed E-state index contributed by atoms with van der Waals surface area (Å²) in [5.74, 6) is -0.931. The molecule has 2 aliphatic carbocycles. The van der Waals surface area contributed by atoms with Crippen LogP contribution in [0.5, 0.6) is 0 Å². The minimum atomic E-state index is -0.990. The van der Waals surface area contributed by atoms with Crippen LogP contribution in [0, 0.1) is 0 Å². The molecule has 0 radical (unpaired) electrons. The van der Waals surface area contributed by atoms with Crippen molar-refractivity contribution < 1.29 is 29.7 Å². The molecule has 0 heterocycles. The molecule has 2 saturated carbocycles. The number of carboxylic acid groups (broad SMARTS) is 2. The molecule has 6 nitrogen and oxygen atoms in total. The van der Waals surface area contributed by atoms with Gasteiger partial charge in [0.2, 0.25) is 0 Å². The Hall–Kier alpha value is -2.99. The van der Waals surface area contributed by atoms with E-state index in [4.69, 9.17) is 10.2 Å². The van der Waals surface area contributed by atoms with E-state index in [0.29, 0.717) is 23.8 Å². The third kappa shape index (κ3) is 6.50. The monoisotopic (exact) mass is 440 g/mol. The van der Waals surface area contributed by atoms with Crippen LogP contribution in [0.1, 0.15) is 119 Å². The number of aromatic carboxylic acids is 2. The molecule has 1 atom stereocenters. The summed E-state index contributed by atoms with van der Waals surface area (Å²) in [6.07, 6.45) is 5.31. The normalized spacial score (nSPS) is 15.4. The summed E-state index contributed by atoms with van der Waals surface area (Å²) in [4.78, 5) is 32.3. The molecule has 2 aliphatic rings. The Bertz CT molecular complexity index is 957. The first-order valence-corrected chi connectivity index (χ1v) is 11.2. The average Bonchev–Trinajstić information content (AvgIpc) is 3.73. The molecule has 0 spiro atoms. The van der Waals surface area contributed by atoms with E-state index in [-0.39, 0.29) is 11.1 Å². The zero-order valence-electron chi connectivity index (χ0n) is 18.9. The van der Waals surface area contributed by atoms with Crippen molar-refractivity contribution in [3.8, 4) is 0 Å². The van der Waals surface area contributed by atoms with Gasteiger partial charge in [-0.05, 0) is 84.9 Å². The molecule has 0 aliphatic heterocycles. The van der Waals surface area contributed by atoms with Gasteiger partial charge in [-0.25, -0.2) is 9.59 Å². The molecule has 172 valence electrons. The van der Waals surface area contributed by atoms with Crippen LogP contribution in [-0.2, 0) is 0 Å². The van der Waals surface area contributed by atoms with E-state index in [1.165, 1.54) is 6.07 Å². The van der Waals surface area contributed by atoms with Gasteiger partial charge in [0.1, 0.15) is 6.29 Å². The highest BCUT2D eigenvalue weighted by Crippen LogP contribution is 2.43. The largest absolute Gasteiger partial charge is 0.478 e. The summed E-state index contributed by atoms with van der Waals surface area (Å²) in [7, 11) is 0. The third-order valence-electron chi connectivity index (χ3n) is 5.57. The Morgan fingerprint density at radius 3 is 1.81 bits per heavy atom. The molecule has 1 unspecified atom stereocenters. The summed E-state index contributed by atoms with van der Waals surface area (Å²) >= 11 is 0. The molecule has 2 fully saturated rings. The summed E-state index contributed by atoms with van der Waals surface area (Å²) in [5.41, 5.74) is 3.87. The maximum Gasteiger partial charge on any atom is 0.335 e. The quantitative estimate of drug-likeness (QED) is 0.469. The van der Waals surface area contributed by atoms with Crippen molar-refractivity contribution in [2.24, 2.45) is 0 Å². The van der Waals surface area contributed by atoms with Crippen molar-refractivity contribution in [2.75, 3.05) is 0 Å². The first-order chi connectivity index (χ1) is 15.3. The van der Waals surface area contributed by atoms with Crippen LogP contribution in [0.4, 0.5) is 0 Å². The lowest BCUT2D eigenvalue weighted by Gasteiger charge is -2.14. The minimum absolute atomic E-state index is 0.177. The van der Waals surface area contributed by atoms with Crippen LogP contribution in [0.2, 0.25) is 0 Å². The van der Waals surface area contributed by atoms with E-state index < -0.39 is 18.0 Å². The molecule has 6 heteroatoms. The molecular formula is C26H32O6. The summed E-state index contributed by atoms with van der Waals surface area (Å²) in [6, 6.07) is 9.86. The lowest BCUT2D eigenvalue weighted by Crippen LogP contribution is -2.04. The van der Waals surface area contributed by atoms with E-state index in [0.717, 1.165) is 48.7 Å². The van der Waals surface area contributed by atoms with Gasteiger partial charge in [-0.1, -0.05) is 32.9 Å². The zero-order valence-corrected chi connectivity index (χ0v) is 18.9. The van der Waals surface area contributed by atoms with Gasteiger partial charge < -0.3 is 15.3 Å². The Labute approximate surface area is 188 Å². The molecule has 32 heavy (non-hydrogen) atoms. The lowest BCUT2D eigenvalue weighted by molar-refractivity contribution is 0.0685. The fraction of sp³-hybridized carbons (Fsp3) is 0.423. The number of carbonyl (C=O) groups excluding carboxylic acids is 1. The maximum atomic E-state index is 10.9. The number of hydrogen-bond donors (Lipinski definition) is 3. The van der Waals surface area contributed by atoms with Crippen LogP contribution in [-0.4, -0.2) is 33.5 Å². The molecule has 0 bridgehead atoms. The SMILES string of the molecule is CC.CCC(O)c1cc(C(=O)O)ccc1C1CC1.O=Cc1cc(C(=O)O)ccc1C1CC1. The Balaban J connectivity index is 0.000000212. The maximum absolute atomic E-state index is 10.9. The first-order valence-electron chi connectivity index (χ1n) is 11.2. The van der Waals surface area contributed by atoms with Gasteiger partial charge in [0.25, 0.3) is 0 Å². The number of hydrogen-bond acceptors (Lipinski definition) is 4. The van der Waals surface area contributed by atoms with E-state index in [9.17, 15) is 19.5 Å². The van der Waals surface area contributed by atoms with Gasteiger partial charge in [0.05, 0.1) is 17.2 Å². The molecule has 0 aromatic heterocycles. The highest BCUT2D eigenvalue weighted by atomic mass is 16.4. The third-order valence-corrected chi connectivity index (χ3v) is 5.57. The van der Waals surface area contributed by atoms with Gasteiger partial charge in [-0.15, -0.1) is 0 Å². The standard InChI is InChI=1S/C13H16O3.C11H10O3.C2H6/c1-2-12(14)11-7-9(13(15)16)5-6-10(11)8-3-4-8;12-6-9-5-8(11(13)14)3-4-10(9)7-1-2-7;1-2/h5-8,12,14H,2-4H2,1H3,(H,15,16);3-7H,1-2H2,(H,13,14);1-2H3. The number of carboxylic acids is 2. The molecule has 4 rings (SSSR count). The van der Waals surface area contributed by atoms with Gasteiger partial charge >= 0.3 is 11.9 Å². The molecule has 0 amide bonds. The predicted octanol–water partition coefficient (Wildman–Crippen LogP) is 5.81. The van der Waals surface area contributed by atoms with Crippen molar-refractivity contribution in [1.82, 2.24) is 0 Å². The molecule has 2 aromatic carbocycles. The van der Waals surface area contributed by atoms with Crippen LogP contribution in [0.25, 0.3) is 0 Å². The Morgan fingerprint density at radius 2 is 1.38 bits per heavy atom. The molecule has 3 N–H and O–H groups in total. The number of aliphatic hydroxyl groups excluding tert-OH is 1. The van der Waals surface area contributed by atoms with Crippen LogP contribution in [0.3, 0.4) is 0 Å². The highest BCUT2D eigenvalue weighted by Gasteiger charge is 2.28. The zero-order chi connectivity index (χ0) is 23.8. The predicted molar refractivity (Wildman–Crippen MR) is 123 cm³/mol. The van der Waals surface area contributed by atoms with Crippen molar-refractivity contribution in [2.45, 2.75) is 70.8 Å². The van der Waals surface area contributed by atoms with Crippen molar-refractivity contribution >= 4 is 18.2 Å². The Morgan fingerprint density at radius 1 is 0.906 bits per heavy atom. The second kappa shape index (κ2) is 11.6. The van der Waals surface area contributed by atoms with Crippen molar-refractivity contribution in [3.63, 3.8) is 0 Å². The van der Waals surface area contributed by atoms with Crippen molar-refractivity contribution in [1.29, 1.82) is 0 Å². The fourth-order valence-electron chi connectivity index (χ4n) is 3.56. The number of carbonyl (C=O) groups is 3. The van der Waals surface area contributed by atoms with Crippen LogP contribution in [0.15, 0.2) is 36.4 Å². The number of aliphatic hydroxyl groups is 1. The Kier molecular flexibility index (Phi) is 9.14. The second-order valence-electron chi connectivity index (χ2n) is 7.89. The summed E-state index contributed by atoms with van der Waals surface area (Å²) in [6.45, 7) is 5.90. The highest BCUT2D eigenvalue weighted by molar-refractivity contribution is 5.91.